The average Bonchev–Trinajstić information content (AvgIpc) is 3.56. The van der Waals surface area contributed by atoms with Gasteiger partial charge in [-0.3, -0.25) is 0 Å². The zero-order valence-electron chi connectivity index (χ0n) is 26.3. The lowest BCUT2D eigenvalue weighted by Gasteiger charge is -2.22. The van der Waals surface area contributed by atoms with Crippen LogP contribution < -0.4 is 0 Å². The first-order valence-corrected chi connectivity index (χ1v) is 17.4. The Bertz CT molecular complexity index is 662. The van der Waals surface area contributed by atoms with Gasteiger partial charge in [-0.05, 0) is 51.5 Å². The van der Waals surface area contributed by atoms with Crippen molar-refractivity contribution in [1.82, 2.24) is 0 Å². The second kappa shape index (κ2) is 22.7. The average molecular weight is 565 g/mol. The minimum atomic E-state index is -0.443. The maximum atomic E-state index is 11.6. The summed E-state index contributed by atoms with van der Waals surface area (Å²) in [7, 11) is 0. The minimum absolute atomic E-state index is 0.0830. The van der Waals surface area contributed by atoms with E-state index >= 15 is 0 Å². The highest BCUT2D eigenvalue weighted by Crippen LogP contribution is 2.28. The summed E-state index contributed by atoms with van der Waals surface area (Å²) in [6.45, 7) is 4.17. The molecule has 0 bridgehead atoms. The zero-order chi connectivity index (χ0) is 28.8. The molecule has 2 aliphatic heterocycles. The molecule has 5 heteroatoms. The van der Waals surface area contributed by atoms with Crippen LogP contribution in [0, 0.1) is 0 Å². The molecule has 5 atom stereocenters. The van der Waals surface area contributed by atoms with Crippen molar-refractivity contribution in [2.24, 2.45) is 0 Å². The van der Waals surface area contributed by atoms with Gasteiger partial charge >= 0.3 is 5.97 Å². The molecule has 0 aromatic heterocycles. The van der Waals surface area contributed by atoms with Gasteiger partial charge in [0.2, 0.25) is 0 Å². The van der Waals surface area contributed by atoms with Crippen LogP contribution in [-0.2, 0) is 14.3 Å². The lowest BCUT2D eigenvalue weighted by Crippen LogP contribution is -2.31. The van der Waals surface area contributed by atoms with E-state index in [0.29, 0.717) is 0 Å². The summed E-state index contributed by atoms with van der Waals surface area (Å²) in [6, 6.07) is 0. The molecule has 2 aliphatic rings. The first kappa shape index (κ1) is 35.3. The van der Waals surface area contributed by atoms with E-state index in [9.17, 15) is 15.0 Å². The van der Waals surface area contributed by atoms with Crippen LogP contribution in [0.1, 0.15) is 174 Å². The van der Waals surface area contributed by atoms with E-state index in [4.69, 9.17) is 9.47 Å². The monoisotopic (exact) mass is 564 g/mol. The van der Waals surface area contributed by atoms with Crippen LogP contribution in [-0.4, -0.2) is 46.7 Å². The molecule has 0 aromatic rings. The highest BCUT2D eigenvalue weighted by molar-refractivity contribution is 5.90. The fourth-order valence-electron chi connectivity index (χ4n) is 6.37. The van der Waals surface area contributed by atoms with Crippen LogP contribution in [0.5, 0.6) is 0 Å². The summed E-state index contributed by atoms with van der Waals surface area (Å²) in [5, 5.41) is 21.2. The van der Waals surface area contributed by atoms with Crippen molar-refractivity contribution >= 4 is 5.97 Å². The molecule has 234 valence electrons. The predicted octanol–water partition coefficient (Wildman–Crippen LogP) is 9.12. The van der Waals surface area contributed by atoms with Gasteiger partial charge in [0.15, 0.2) is 0 Å². The first-order chi connectivity index (χ1) is 19.5. The number of hydrogen-bond acceptors (Lipinski definition) is 5. The van der Waals surface area contributed by atoms with Crippen molar-refractivity contribution in [2.75, 3.05) is 0 Å². The van der Waals surface area contributed by atoms with Crippen LogP contribution in [0.25, 0.3) is 0 Å². The highest BCUT2D eigenvalue weighted by Gasteiger charge is 2.34. The second-order valence-electron chi connectivity index (χ2n) is 12.8. The molecular weight excluding hydrogens is 500 g/mol. The van der Waals surface area contributed by atoms with Gasteiger partial charge < -0.3 is 19.7 Å². The van der Waals surface area contributed by atoms with Crippen molar-refractivity contribution in [3.8, 4) is 0 Å². The Morgan fingerprint density at radius 2 is 1.07 bits per heavy atom. The van der Waals surface area contributed by atoms with Crippen LogP contribution in [0.3, 0.4) is 0 Å². The molecule has 1 fully saturated rings. The Balaban J connectivity index is 1.35. The Hall–Kier alpha value is -0.910. The van der Waals surface area contributed by atoms with Crippen LogP contribution in [0.15, 0.2) is 11.6 Å². The third-order valence-corrected chi connectivity index (χ3v) is 8.98. The minimum Gasteiger partial charge on any atom is -0.455 e. The van der Waals surface area contributed by atoms with Crippen LogP contribution >= 0.6 is 0 Å². The fourth-order valence-corrected chi connectivity index (χ4v) is 6.37. The Morgan fingerprint density at radius 3 is 1.48 bits per heavy atom. The Labute approximate surface area is 246 Å². The standard InChI is InChI=1S/C35H64O5/c1-3-4-5-6-7-8-9-10-11-12-13-14-15-16-17-21-24-31(36)33-26-27-34(40-33)32(37)25-22-19-18-20-23-30-28-29(2)39-35(30)38/h28-29,31-34,36-37H,3-27H2,1-2H3. The molecule has 1 saturated heterocycles. The molecular formula is C35H64O5. The van der Waals surface area contributed by atoms with Gasteiger partial charge in [0.25, 0.3) is 0 Å². The topological polar surface area (TPSA) is 76.0 Å². The molecule has 0 spiro atoms. The Morgan fingerprint density at radius 1 is 0.675 bits per heavy atom. The SMILES string of the molecule is CCCCCCCCCCCCCCCCCCC(O)C1CCC(C(O)CCCCCCC2=CC(C)OC2=O)O1. The number of cyclic esters (lactones) is 1. The number of ether oxygens (including phenoxy) is 2. The van der Waals surface area contributed by atoms with Crippen LogP contribution in [0.4, 0.5) is 0 Å². The van der Waals surface area contributed by atoms with E-state index in [0.717, 1.165) is 69.8 Å². The van der Waals surface area contributed by atoms with Gasteiger partial charge in [0.1, 0.15) is 6.10 Å². The van der Waals surface area contributed by atoms with Gasteiger partial charge in [-0.1, -0.05) is 129 Å². The van der Waals surface area contributed by atoms with Gasteiger partial charge in [-0.15, -0.1) is 0 Å². The molecule has 5 unspecified atom stereocenters. The fraction of sp³-hybridized carbons (Fsp3) is 0.914. The smallest absolute Gasteiger partial charge is 0.334 e. The summed E-state index contributed by atoms with van der Waals surface area (Å²) in [6.07, 6.45) is 30.6. The molecule has 2 rings (SSSR count). The quantitative estimate of drug-likeness (QED) is 0.0809. The van der Waals surface area contributed by atoms with Crippen molar-refractivity contribution < 1.29 is 24.5 Å². The molecule has 2 heterocycles. The first-order valence-electron chi connectivity index (χ1n) is 17.4. The summed E-state index contributed by atoms with van der Waals surface area (Å²) in [5.41, 5.74) is 0.816. The molecule has 40 heavy (non-hydrogen) atoms. The van der Waals surface area contributed by atoms with Crippen molar-refractivity contribution in [3.63, 3.8) is 0 Å². The number of aliphatic hydroxyl groups excluding tert-OH is 2. The van der Waals surface area contributed by atoms with Gasteiger partial charge in [-0.2, -0.15) is 0 Å². The van der Waals surface area contributed by atoms with Crippen LogP contribution in [0.2, 0.25) is 0 Å². The summed E-state index contributed by atoms with van der Waals surface area (Å²) in [5.74, 6) is -0.159. The number of hydrogen-bond donors (Lipinski definition) is 2. The van der Waals surface area contributed by atoms with Crippen molar-refractivity contribution in [3.05, 3.63) is 11.6 Å². The molecule has 2 N–H and O–H groups in total. The van der Waals surface area contributed by atoms with Gasteiger partial charge in [0.05, 0.1) is 24.4 Å². The van der Waals surface area contributed by atoms with E-state index < -0.39 is 12.2 Å². The molecule has 0 saturated carbocycles. The van der Waals surface area contributed by atoms with Gasteiger partial charge in [-0.25, -0.2) is 4.79 Å². The third-order valence-electron chi connectivity index (χ3n) is 8.98. The summed E-state index contributed by atoms with van der Waals surface area (Å²) >= 11 is 0. The lowest BCUT2D eigenvalue weighted by atomic mass is 10.00. The largest absolute Gasteiger partial charge is 0.455 e. The number of carbonyl (C=O) groups excluding carboxylic acids is 1. The molecule has 0 aliphatic carbocycles. The summed E-state index contributed by atoms with van der Waals surface area (Å²) < 4.78 is 11.2. The molecule has 5 nitrogen and oxygen atoms in total. The van der Waals surface area contributed by atoms with E-state index in [1.807, 2.05) is 13.0 Å². The molecule has 0 radical (unpaired) electrons. The third kappa shape index (κ3) is 15.9. The normalized spacial score (nSPS) is 22.4. The van der Waals surface area contributed by atoms with E-state index in [2.05, 4.69) is 6.92 Å². The van der Waals surface area contributed by atoms with Crippen molar-refractivity contribution in [2.45, 2.75) is 205 Å². The number of unbranched alkanes of at least 4 members (excludes halogenated alkanes) is 18. The molecule has 0 aromatic carbocycles. The second-order valence-corrected chi connectivity index (χ2v) is 12.8. The number of esters is 1. The van der Waals surface area contributed by atoms with Gasteiger partial charge in [0, 0.05) is 5.57 Å². The lowest BCUT2D eigenvalue weighted by molar-refractivity contribution is -0.139. The van der Waals surface area contributed by atoms with E-state index in [1.165, 1.54) is 96.3 Å². The predicted molar refractivity (Wildman–Crippen MR) is 165 cm³/mol. The number of carbonyl (C=O) groups is 1. The Kier molecular flexibility index (Phi) is 20.0. The summed E-state index contributed by atoms with van der Waals surface area (Å²) in [4.78, 5) is 11.6. The van der Waals surface area contributed by atoms with Crippen molar-refractivity contribution in [1.29, 1.82) is 0 Å². The maximum absolute atomic E-state index is 11.6. The van der Waals surface area contributed by atoms with E-state index in [-0.39, 0.29) is 24.3 Å². The van der Waals surface area contributed by atoms with E-state index in [1.54, 1.807) is 0 Å². The number of rotatable bonds is 26. The molecule has 0 amide bonds. The number of aliphatic hydroxyl groups is 2. The maximum Gasteiger partial charge on any atom is 0.334 e. The highest BCUT2D eigenvalue weighted by atomic mass is 16.5. The zero-order valence-corrected chi connectivity index (χ0v) is 26.3.